The molecule has 1 saturated carbocycles. The summed E-state index contributed by atoms with van der Waals surface area (Å²) in [5.41, 5.74) is 6.23. The van der Waals surface area contributed by atoms with Gasteiger partial charge in [0, 0.05) is 41.4 Å². The average Bonchev–Trinajstić information content (AvgIpc) is 3.10. The molecular weight excluding hydrogens is 372 g/mol. The lowest BCUT2D eigenvalue weighted by molar-refractivity contribution is -0.401. The number of aromatic nitrogens is 1. The first-order valence-electron chi connectivity index (χ1n) is 10.3. The highest BCUT2D eigenvalue weighted by Gasteiger charge is 2.50. The van der Waals surface area contributed by atoms with Gasteiger partial charge in [-0.3, -0.25) is 9.59 Å². The number of hydrogen-bond acceptors (Lipinski definition) is 2. The first-order valence-corrected chi connectivity index (χ1v) is 10.3. The molecule has 4 heteroatoms. The lowest BCUT2D eigenvalue weighted by atomic mass is 9.70. The third-order valence-electron chi connectivity index (χ3n) is 7.01. The van der Waals surface area contributed by atoms with Gasteiger partial charge in [-0.25, -0.2) is 0 Å². The molecule has 2 aliphatic rings. The second kappa shape index (κ2) is 6.11. The van der Waals surface area contributed by atoms with Gasteiger partial charge in [-0.05, 0) is 32.4 Å². The van der Waals surface area contributed by atoms with E-state index >= 15 is 0 Å². The Balaban J connectivity index is 1.58. The number of aryl methyl sites for hydroxylation is 1. The molecule has 0 atom stereocenters. The topological polar surface area (TPSA) is 42.1 Å². The lowest BCUT2D eigenvalue weighted by Crippen LogP contribution is -2.41. The number of Topliss-reactive ketones (excluding diaryl/α,β-unsaturated/α-hetero) is 2. The third kappa shape index (κ3) is 2.25. The van der Waals surface area contributed by atoms with Gasteiger partial charge in [0.15, 0.2) is 17.3 Å². The summed E-state index contributed by atoms with van der Waals surface area (Å²) < 4.78 is 4.16. The second-order valence-electron chi connectivity index (χ2n) is 8.88. The fraction of sp³-hybridized carbons (Fsp3) is 0.269. The van der Waals surface area contributed by atoms with E-state index in [1.165, 1.54) is 5.56 Å². The number of hydrogen-bond donors (Lipinski definition) is 0. The highest BCUT2D eigenvalue weighted by molar-refractivity contribution is 6.44. The van der Waals surface area contributed by atoms with E-state index in [2.05, 4.69) is 35.1 Å². The summed E-state index contributed by atoms with van der Waals surface area (Å²) >= 11 is 0. The van der Waals surface area contributed by atoms with E-state index in [9.17, 15) is 9.59 Å². The maximum Gasteiger partial charge on any atom is 0.209 e. The van der Waals surface area contributed by atoms with Crippen molar-refractivity contribution in [3.05, 3.63) is 77.0 Å². The number of benzene rings is 2. The highest BCUT2D eigenvalue weighted by atomic mass is 16.2. The number of carbonyl (C=O) groups excluding carboxylic acids is 2. The zero-order chi connectivity index (χ0) is 21.4. The number of allylic oxidation sites excluding steroid dienone is 2. The van der Waals surface area contributed by atoms with Crippen LogP contribution < -0.4 is 0 Å². The van der Waals surface area contributed by atoms with Gasteiger partial charge in [-0.2, -0.15) is 4.58 Å². The predicted octanol–water partition coefficient (Wildman–Crippen LogP) is 4.35. The molecule has 0 spiro atoms. The van der Waals surface area contributed by atoms with Crippen molar-refractivity contribution in [2.75, 3.05) is 7.05 Å². The maximum atomic E-state index is 13.2. The minimum Gasteiger partial charge on any atom is -0.348 e. The van der Waals surface area contributed by atoms with Crippen LogP contribution in [0.15, 0.2) is 60.2 Å². The predicted molar refractivity (Wildman–Crippen MR) is 119 cm³/mol. The van der Waals surface area contributed by atoms with Gasteiger partial charge in [-0.1, -0.05) is 36.4 Å². The van der Waals surface area contributed by atoms with E-state index < -0.39 is 5.92 Å². The van der Waals surface area contributed by atoms with Gasteiger partial charge in [0.1, 0.15) is 13.0 Å². The number of ketones is 2. The van der Waals surface area contributed by atoms with E-state index in [4.69, 9.17) is 0 Å². The summed E-state index contributed by atoms with van der Waals surface area (Å²) in [6, 6.07) is 16.2. The van der Waals surface area contributed by atoms with Crippen LogP contribution >= 0.6 is 0 Å². The number of carbonyl (C=O) groups is 2. The molecule has 0 bridgehead atoms. The van der Waals surface area contributed by atoms with E-state index in [-0.39, 0.29) is 17.0 Å². The molecule has 1 aromatic heterocycles. The first-order chi connectivity index (χ1) is 14.2. The molecule has 0 radical (unpaired) electrons. The summed E-state index contributed by atoms with van der Waals surface area (Å²) in [7, 11) is 3.98. The minimum atomic E-state index is -0.694. The highest BCUT2D eigenvalue weighted by Crippen LogP contribution is 2.43. The van der Waals surface area contributed by atoms with Crippen molar-refractivity contribution in [3.63, 3.8) is 0 Å². The quantitative estimate of drug-likeness (QED) is 0.279. The van der Waals surface area contributed by atoms with Crippen LogP contribution in [-0.2, 0) is 22.1 Å². The van der Waals surface area contributed by atoms with Crippen molar-refractivity contribution in [1.29, 1.82) is 0 Å². The molecule has 5 rings (SSSR count). The molecule has 30 heavy (non-hydrogen) atoms. The maximum absolute atomic E-state index is 13.2. The molecule has 1 fully saturated rings. The Morgan fingerprint density at radius 2 is 1.63 bits per heavy atom. The molecule has 1 aliphatic heterocycles. The smallest absolute Gasteiger partial charge is 0.209 e. The molecule has 2 heterocycles. The third-order valence-corrected chi connectivity index (χ3v) is 7.01. The Morgan fingerprint density at radius 1 is 1.00 bits per heavy atom. The molecule has 1 aliphatic carbocycles. The Morgan fingerprint density at radius 3 is 2.33 bits per heavy atom. The Bertz CT molecular complexity index is 1320. The van der Waals surface area contributed by atoms with Crippen molar-refractivity contribution < 1.29 is 14.2 Å². The molecule has 4 nitrogen and oxygen atoms in total. The summed E-state index contributed by atoms with van der Waals surface area (Å²) in [5.74, 6) is -0.848. The van der Waals surface area contributed by atoms with Gasteiger partial charge < -0.3 is 4.57 Å². The summed E-state index contributed by atoms with van der Waals surface area (Å²) in [6.07, 6.45) is 1.82. The van der Waals surface area contributed by atoms with Crippen LogP contribution in [0.25, 0.3) is 10.9 Å². The first kappa shape index (κ1) is 18.7. The van der Waals surface area contributed by atoms with E-state index in [1.54, 1.807) is 0 Å². The van der Waals surface area contributed by atoms with E-state index in [0.29, 0.717) is 5.57 Å². The molecular formula is C26H25N2O2+. The minimum absolute atomic E-state index is 0.0768. The van der Waals surface area contributed by atoms with Crippen molar-refractivity contribution >= 4 is 33.9 Å². The second-order valence-corrected chi connectivity index (χ2v) is 8.88. The van der Waals surface area contributed by atoms with Crippen LogP contribution in [-0.4, -0.2) is 33.5 Å². The molecule has 0 unspecified atom stereocenters. The van der Waals surface area contributed by atoms with E-state index in [1.807, 2.05) is 63.5 Å². The molecule has 150 valence electrons. The Hall–Kier alpha value is -3.27. The fourth-order valence-corrected chi connectivity index (χ4v) is 5.19. The van der Waals surface area contributed by atoms with Gasteiger partial charge in [0.05, 0.1) is 11.0 Å². The van der Waals surface area contributed by atoms with Crippen LogP contribution in [0, 0.1) is 6.92 Å². The number of para-hydroxylation sites is 2. The number of nitrogens with zero attached hydrogens (tertiary/aromatic N) is 2. The van der Waals surface area contributed by atoms with E-state index in [0.717, 1.165) is 33.6 Å². The van der Waals surface area contributed by atoms with Crippen LogP contribution in [0.3, 0.4) is 0 Å². The Labute approximate surface area is 176 Å². The summed E-state index contributed by atoms with van der Waals surface area (Å²) in [5, 5.41) is 0.988. The van der Waals surface area contributed by atoms with Crippen molar-refractivity contribution in [3.8, 4) is 0 Å². The van der Waals surface area contributed by atoms with Crippen LogP contribution in [0.2, 0.25) is 0 Å². The largest absolute Gasteiger partial charge is 0.348 e. The standard InChI is InChI=1S/C26H25N2O2/c1-15-22(16-10-6-8-12-19(16)27(15)4)23-24(29)17(25(23)30)14-21-26(2,3)18-11-7-9-13-20(18)28(21)5/h6-14,23H,1-5H3/q+1. The number of rotatable bonds is 2. The fourth-order valence-electron chi connectivity index (χ4n) is 5.19. The van der Waals surface area contributed by atoms with Crippen LogP contribution in [0.4, 0.5) is 5.69 Å². The normalized spacial score (nSPS) is 20.0. The molecule has 0 amide bonds. The van der Waals surface area contributed by atoms with Gasteiger partial charge >= 0.3 is 0 Å². The molecule has 0 saturated heterocycles. The van der Waals surface area contributed by atoms with Gasteiger partial charge in [-0.15, -0.1) is 0 Å². The molecule has 0 N–H and O–H groups in total. The summed E-state index contributed by atoms with van der Waals surface area (Å²) in [6.45, 7) is 6.26. The van der Waals surface area contributed by atoms with Gasteiger partial charge in [0.25, 0.3) is 0 Å². The monoisotopic (exact) mass is 397 g/mol. The van der Waals surface area contributed by atoms with Gasteiger partial charge in [0.2, 0.25) is 5.69 Å². The average molecular weight is 397 g/mol. The zero-order valence-corrected chi connectivity index (χ0v) is 18.0. The number of fused-ring (bicyclic) bond motifs is 2. The van der Waals surface area contributed by atoms with Crippen LogP contribution in [0.5, 0.6) is 0 Å². The molecule has 3 aromatic rings. The zero-order valence-electron chi connectivity index (χ0n) is 18.0. The summed E-state index contributed by atoms with van der Waals surface area (Å²) in [4.78, 5) is 26.5. The SMILES string of the molecule is Cc1c(C2C(=O)C(=CC3=[N+](C)c4ccccc4C3(C)C)C2=O)c2ccccc2n1C. The van der Waals surface area contributed by atoms with Crippen molar-refractivity contribution in [1.82, 2.24) is 4.57 Å². The van der Waals surface area contributed by atoms with Crippen LogP contribution in [0.1, 0.15) is 36.6 Å². The lowest BCUT2D eigenvalue weighted by Gasteiger charge is -2.27. The van der Waals surface area contributed by atoms with Crippen molar-refractivity contribution in [2.45, 2.75) is 32.1 Å². The molecule has 2 aromatic carbocycles. The van der Waals surface area contributed by atoms with Crippen molar-refractivity contribution in [2.24, 2.45) is 7.05 Å². The Kier molecular flexibility index (Phi) is 3.82.